The first-order valence-electron chi connectivity index (χ1n) is 16.7. The summed E-state index contributed by atoms with van der Waals surface area (Å²) in [5.41, 5.74) is 1.97. The summed E-state index contributed by atoms with van der Waals surface area (Å²) in [7, 11) is 0. The third-order valence-electron chi connectivity index (χ3n) is 12.0. The van der Waals surface area contributed by atoms with Crippen LogP contribution in [0.4, 0.5) is 38.0 Å². The van der Waals surface area contributed by atoms with Crippen LogP contribution in [0, 0.1) is 18.2 Å². The fourth-order valence-corrected chi connectivity index (χ4v) is 10.1. The van der Waals surface area contributed by atoms with Gasteiger partial charge in [0.15, 0.2) is 5.82 Å². The maximum atomic E-state index is 17.1. The van der Waals surface area contributed by atoms with E-state index in [1.165, 1.54) is 6.92 Å². The first kappa shape index (κ1) is 31.6. The molecule has 6 aliphatic rings. The second-order valence-electron chi connectivity index (χ2n) is 15.0. The number of ether oxygens (including phenoxy) is 1. The summed E-state index contributed by atoms with van der Waals surface area (Å²) in [6.07, 6.45) is -1.07. The highest BCUT2D eigenvalue weighted by Gasteiger charge is 2.77. The topological polar surface area (TPSA) is 92.4 Å². The van der Waals surface area contributed by atoms with Gasteiger partial charge >= 0.3 is 12.2 Å². The predicted octanol–water partition coefficient (Wildman–Crippen LogP) is 6.76. The van der Waals surface area contributed by atoms with E-state index in [9.17, 15) is 22.0 Å². The van der Waals surface area contributed by atoms with Crippen LogP contribution in [0.1, 0.15) is 61.6 Å². The molecule has 9 rings (SSSR count). The molecule has 5 atom stereocenters. The van der Waals surface area contributed by atoms with Crippen LogP contribution in [-0.4, -0.2) is 75.7 Å². The molecule has 0 amide bonds. The average Bonchev–Trinajstić information content (AvgIpc) is 3.34. The molecule has 5 aliphatic heterocycles. The largest absolute Gasteiger partial charge is 0.461 e. The molecule has 1 saturated carbocycles. The lowest BCUT2D eigenvalue weighted by molar-refractivity contribution is -0.137. The molecule has 1 spiro atoms. The molecule has 1 aliphatic carbocycles. The number of nitrogens with zero attached hydrogens (tertiary/aromatic N) is 5. The van der Waals surface area contributed by atoms with Gasteiger partial charge in [0.05, 0.1) is 38.2 Å². The van der Waals surface area contributed by atoms with Gasteiger partial charge in [-0.05, 0) is 69.2 Å². The Morgan fingerprint density at radius 2 is 1.94 bits per heavy atom. The number of anilines is 2. The monoisotopic (exact) mass is 705 g/mol. The zero-order chi connectivity index (χ0) is 34.4. The summed E-state index contributed by atoms with van der Waals surface area (Å²) in [6, 6.07) is 0.963. The van der Waals surface area contributed by atoms with Crippen molar-refractivity contribution < 1.29 is 31.1 Å². The summed E-state index contributed by atoms with van der Waals surface area (Å²) in [6.45, 7) is 7.05. The van der Waals surface area contributed by atoms with Gasteiger partial charge in [-0.25, -0.2) is 18.2 Å². The Morgan fingerprint density at radius 3 is 2.67 bits per heavy atom. The van der Waals surface area contributed by atoms with Crippen molar-refractivity contribution in [3.63, 3.8) is 0 Å². The van der Waals surface area contributed by atoms with Gasteiger partial charge in [-0.3, -0.25) is 4.90 Å². The maximum absolute atomic E-state index is 17.1. The number of hydrogen-bond donors (Lipinski definition) is 2. The molecule has 2 bridgehead atoms. The number of aromatic nitrogens is 3. The van der Waals surface area contributed by atoms with Crippen LogP contribution in [0.2, 0.25) is 5.02 Å². The quantitative estimate of drug-likeness (QED) is 0.288. The van der Waals surface area contributed by atoms with Crippen molar-refractivity contribution in [3.05, 3.63) is 40.2 Å². The van der Waals surface area contributed by atoms with Crippen LogP contribution < -0.4 is 20.7 Å². The molecular formula is C34H34ClF6N7O. The van der Waals surface area contributed by atoms with Gasteiger partial charge < -0.3 is 20.7 Å². The lowest BCUT2D eigenvalue weighted by Crippen LogP contribution is -2.58. The minimum atomic E-state index is -4.91. The first-order valence-corrected chi connectivity index (χ1v) is 17.0. The van der Waals surface area contributed by atoms with E-state index in [0.29, 0.717) is 37.3 Å². The fraction of sp³-hybridized carbons (Fsp3) is 0.559. The van der Waals surface area contributed by atoms with Gasteiger partial charge in [0.1, 0.15) is 23.8 Å². The highest BCUT2D eigenvalue weighted by molar-refractivity contribution is 6.37. The molecule has 7 heterocycles. The van der Waals surface area contributed by atoms with Crippen molar-refractivity contribution in [2.75, 3.05) is 36.9 Å². The number of alkyl halides is 5. The third kappa shape index (κ3) is 4.48. The molecular weight excluding hydrogens is 672 g/mol. The van der Waals surface area contributed by atoms with E-state index in [4.69, 9.17) is 27.1 Å². The van der Waals surface area contributed by atoms with Gasteiger partial charge in [0.2, 0.25) is 0 Å². The minimum absolute atomic E-state index is 0.0157. The molecule has 3 aromatic rings. The number of pyridine rings is 1. The van der Waals surface area contributed by atoms with Crippen molar-refractivity contribution in [1.82, 2.24) is 25.2 Å². The molecule has 0 radical (unpaired) electrons. The molecule has 1 aromatic carbocycles. The van der Waals surface area contributed by atoms with Crippen molar-refractivity contribution in [2.24, 2.45) is 5.41 Å². The Labute approximate surface area is 283 Å². The summed E-state index contributed by atoms with van der Waals surface area (Å²) < 4.78 is 96.0. The standard InChI is InChI=1S/C34H34ClF6N7O/c1-15-8-19-18-5-4-17(43-18)10-48(19)29-22-21(15)25(35)23(27-24(34(39,40)41)16(2)9-20(42)44-27)26(36)28(22)45-30(46-29)49-14-32-6-3-7-47(32)13-31(11-32)12-33(31,37)38/h9,17-19,43H,1,3-8,10-14H2,2H3,(H2,42,44)/t17-,18+,19+,31+,32+/m1/s1. The average molecular weight is 706 g/mol. The smallest absolute Gasteiger partial charge is 0.418 e. The van der Waals surface area contributed by atoms with E-state index in [1.807, 2.05) is 0 Å². The van der Waals surface area contributed by atoms with E-state index in [-0.39, 0.29) is 83.0 Å². The van der Waals surface area contributed by atoms with Crippen LogP contribution >= 0.6 is 11.6 Å². The third-order valence-corrected chi connectivity index (χ3v) is 12.3. The molecule has 4 saturated heterocycles. The SMILES string of the molecule is C=C1C[C@H]2[C@@H]3CC[C@H](CN2c2nc(OC[C@@]45CCCN4C[C@@]4(CC4(F)F)C5)nc4c(F)c(-c5nc(N)cc(C)c5C(F)(F)F)c(Cl)c1c24)N3. The fourth-order valence-electron chi connectivity index (χ4n) is 9.70. The Bertz CT molecular complexity index is 1970. The normalized spacial score (nSPS) is 31.4. The number of nitrogens with one attached hydrogen (secondary N) is 1. The highest BCUT2D eigenvalue weighted by Crippen LogP contribution is 2.69. The van der Waals surface area contributed by atoms with Crippen LogP contribution in [0.3, 0.4) is 0 Å². The Morgan fingerprint density at radius 1 is 1.16 bits per heavy atom. The lowest BCUT2D eigenvalue weighted by atomic mass is 9.89. The first-order chi connectivity index (χ1) is 23.1. The van der Waals surface area contributed by atoms with Crippen molar-refractivity contribution in [1.29, 1.82) is 0 Å². The van der Waals surface area contributed by atoms with E-state index in [0.717, 1.165) is 25.3 Å². The Kier molecular flexibility index (Phi) is 6.53. The molecule has 5 fully saturated rings. The van der Waals surface area contributed by atoms with Gasteiger partial charge in [-0.2, -0.15) is 23.1 Å². The summed E-state index contributed by atoms with van der Waals surface area (Å²) in [5.74, 6) is -3.72. The molecule has 0 unspecified atom stereocenters. The second-order valence-corrected chi connectivity index (χ2v) is 15.3. The zero-order valence-electron chi connectivity index (χ0n) is 26.7. The van der Waals surface area contributed by atoms with Crippen molar-refractivity contribution >= 4 is 39.7 Å². The summed E-state index contributed by atoms with van der Waals surface area (Å²) in [4.78, 5) is 17.5. The van der Waals surface area contributed by atoms with E-state index in [2.05, 4.69) is 31.7 Å². The van der Waals surface area contributed by atoms with Gasteiger partial charge in [-0.15, -0.1) is 0 Å². The van der Waals surface area contributed by atoms with Crippen LogP contribution in [0.25, 0.3) is 27.7 Å². The van der Waals surface area contributed by atoms with Gasteiger partial charge in [0, 0.05) is 43.2 Å². The number of nitrogen functional groups attached to an aromatic ring is 1. The van der Waals surface area contributed by atoms with Crippen molar-refractivity contribution in [3.8, 4) is 17.3 Å². The number of piperazine rings is 1. The summed E-state index contributed by atoms with van der Waals surface area (Å²) in [5, 5.41) is 3.59. The zero-order valence-corrected chi connectivity index (χ0v) is 27.4. The second kappa shape index (κ2) is 10.1. The maximum Gasteiger partial charge on any atom is 0.418 e. The molecule has 3 N–H and O–H groups in total. The number of nitrogens with two attached hydrogens (primary N) is 1. The lowest BCUT2D eigenvalue weighted by Gasteiger charge is -2.41. The van der Waals surface area contributed by atoms with Crippen LogP contribution in [0.5, 0.6) is 6.01 Å². The number of fused-ring (bicyclic) bond motifs is 6. The minimum Gasteiger partial charge on any atom is -0.461 e. The van der Waals surface area contributed by atoms with Gasteiger partial charge in [-0.1, -0.05) is 18.2 Å². The molecule has 2 aromatic heterocycles. The molecule has 8 nitrogen and oxygen atoms in total. The van der Waals surface area contributed by atoms with Crippen LogP contribution in [-0.2, 0) is 6.18 Å². The van der Waals surface area contributed by atoms with E-state index < -0.39 is 45.7 Å². The Hall–Kier alpha value is -3.36. The molecule has 49 heavy (non-hydrogen) atoms. The van der Waals surface area contributed by atoms with E-state index in [1.54, 1.807) is 0 Å². The number of aryl methyl sites for hydroxylation is 1. The van der Waals surface area contributed by atoms with Crippen molar-refractivity contribution in [2.45, 2.75) is 87.6 Å². The number of benzene rings is 1. The van der Waals surface area contributed by atoms with E-state index >= 15 is 4.39 Å². The predicted molar refractivity (Wildman–Crippen MR) is 172 cm³/mol. The molecule has 15 heteroatoms. The Balaban J connectivity index is 1.24. The van der Waals surface area contributed by atoms with Crippen LogP contribution in [0.15, 0.2) is 12.6 Å². The molecule has 260 valence electrons. The summed E-state index contributed by atoms with van der Waals surface area (Å²) >= 11 is 6.97. The van der Waals surface area contributed by atoms with Gasteiger partial charge in [0.25, 0.3) is 5.92 Å². The number of halogens is 7. The highest BCUT2D eigenvalue weighted by atomic mass is 35.5. The number of hydrogen-bond acceptors (Lipinski definition) is 8. The number of rotatable bonds is 4.